The summed E-state index contributed by atoms with van der Waals surface area (Å²) in [6.45, 7) is 6.63. The van der Waals surface area contributed by atoms with E-state index in [1.807, 2.05) is 20.8 Å². The van der Waals surface area contributed by atoms with Crippen LogP contribution < -0.4 is 5.32 Å². The van der Waals surface area contributed by atoms with Crippen molar-refractivity contribution in [1.82, 2.24) is 5.32 Å². The summed E-state index contributed by atoms with van der Waals surface area (Å²) in [7, 11) is 0. The van der Waals surface area contributed by atoms with E-state index in [9.17, 15) is 9.90 Å². The molecule has 0 bridgehead atoms. The number of carbonyl (C=O) groups is 1. The second kappa shape index (κ2) is 6.39. The number of hydrogen-bond acceptors (Lipinski definition) is 2. The molecule has 1 fully saturated rings. The highest BCUT2D eigenvalue weighted by Gasteiger charge is 2.23. The summed E-state index contributed by atoms with van der Waals surface area (Å²) in [6.07, 6.45) is 6.00. The topological polar surface area (TPSA) is 49.3 Å². The van der Waals surface area contributed by atoms with E-state index < -0.39 is 0 Å². The number of carbonyl (C=O) groups excluding carboxylic acids is 1. The van der Waals surface area contributed by atoms with E-state index in [1.165, 1.54) is 19.3 Å². The minimum atomic E-state index is -0.353. The average molecular weight is 241 g/mol. The lowest BCUT2D eigenvalue weighted by Crippen LogP contribution is -2.36. The molecule has 0 radical (unpaired) electrons. The van der Waals surface area contributed by atoms with Gasteiger partial charge in [-0.05, 0) is 24.7 Å². The molecule has 100 valence electrons. The van der Waals surface area contributed by atoms with E-state index in [-0.39, 0.29) is 23.3 Å². The molecule has 1 atom stereocenters. The summed E-state index contributed by atoms with van der Waals surface area (Å²) in [5, 5.41) is 12.8. The molecule has 0 spiro atoms. The molecule has 0 saturated heterocycles. The van der Waals surface area contributed by atoms with Crippen LogP contribution >= 0.6 is 0 Å². The monoisotopic (exact) mass is 241 g/mol. The molecule has 3 heteroatoms. The first kappa shape index (κ1) is 14.5. The number of aliphatic hydroxyl groups is 1. The van der Waals surface area contributed by atoms with Gasteiger partial charge < -0.3 is 10.4 Å². The summed E-state index contributed by atoms with van der Waals surface area (Å²) in [4.78, 5) is 11.8. The fourth-order valence-electron chi connectivity index (χ4n) is 2.27. The summed E-state index contributed by atoms with van der Waals surface area (Å²) in [5.41, 5.74) is -0.102. The Hall–Kier alpha value is -0.570. The Kier molecular flexibility index (Phi) is 5.44. The third-order valence-electron chi connectivity index (χ3n) is 3.69. The second-order valence-corrected chi connectivity index (χ2v) is 6.30. The number of amides is 1. The Morgan fingerprint density at radius 1 is 1.29 bits per heavy atom. The summed E-state index contributed by atoms with van der Waals surface area (Å²) >= 11 is 0. The summed E-state index contributed by atoms with van der Waals surface area (Å²) in [5.74, 6) is 0.404. The highest BCUT2D eigenvalue weighted by molar-refractivity contribution is 5.78. The number of nitrogens with one attached hydrogen (secondary N) is 1. The third-order valence-corrected chi connectivity index (χ3v) is 3.69. The van der Waals surface area contributed by atoms with Gasteiger partial charge in [-0.15, -0.1) is 0 Å². The maximum absolute atomic E-state index is 11.8. The second-order valence-electron chi connectivity index (χ2n) is 6.30. The van der Waals surface area contributed by atoms with Crippen LogP contribution in [-0.4, -0.2) is 23.7 Å². The van der Waals surface area contributed by atoms with Crippen molar-refractivity contribution >= 4 is 5.91 Å². The Morgan fingerprint density at radius 3 is 2.41 bits per heavy atom. The number of aliphatic hydroxyl groups excluding tert-OH is 1. The van der Waals surface area contributed by atoms with Crippen LogP contribution in [0.5, 0.6) is 0 Å². The van der Waals surface area contributed by atoms with Crippen molar-refractivity contribution in [2.75, 3.05) is 6.54 Å². The van der Waals surface area contributed by atoms with Crippen LogP contribution in [0.15, 0.2) is 0 Å². The molecule has 1 unspecified atom stereocenters. The van der Waals surface area contributed by atoms with Gasteiger partial charge in [0.2, 0.25) is 5.91 Å². The molecule has 1 aliphatic carbocycles. The Bertz CT molecular complexity index is 239. The van der Waals surface area contributed by atoms with Gasteiger partial charge in [-0.2, -0.15) is 0 Å². The van der Waals surface area contributed by atoms with E-state index in [0.717, 1.165) is 12.8 Å². The minimum absolute atomic E-state index is 0.102. The lowest BCUT2D eigenvalue weighted by atomic mass is 9.87. The molecule has 0 aromatic rings. The largest absolute Gasteiger partial charge is 0.393 e. The molecule has 17 heavy (non-hydrogen) atoms. The van der Waals surface area contributed by atoms with Crippen molar-refractivity contribution in [2.45, 2.75) is 65.4 Å². The molecule has 0 aromatic heterocycles. The standard InChI is InChI=1S/C14H27NO2/c1-14(2,3)12(16)9-10-15-13(17)11-7-5-4-6-8-11/h11-12,16H,4-10H2,1-3H3,(H,15,17). The van der Waals surface area contributed by atoms with E-state index in [0.29, 0.717) is 13.0 Å². The van der Waals surface area contributed by atoms with Crippen molar-refractivity contribution in [3.63, 3.8) is 0 Å². The van der Waals surface area contributed by atoms with Gasteiger partial charge in [-0.3, -0.25) is 4.79 Å². The van der Waals surface area contributed by atoms with Gasteiger partial charge in [0.15, 0.2) is 0 Å². The first-order valence-electron chi connectivity index (χ1n) is 6.87. The average Bonchev–Trinajstić information content (AvgIpc) is 2.28. The van der Waals surface area contributed by atoms with E-state index in [4.69, 9.17) is 0 Å². The smallest absolute Gasteiger partial charge is 0.223 e. The SMILES string of the molecule is CC(C)(C)C(O)CCNC(=O)C1CCCCC1. The van der Waals surface area contributed by atoms with Crippen molar-refractivity contribution in [3.05, 3.63) is 0 Å². The van der Waals surface area contributed by atoms with Crippen LogP contribution in [0, 0.1) is 11.3 Å². The molecular weight excluding hydrogens is 214 g/mol. The van der Waals surface area contributed by atoms with Crippen molar-refractivity contribution in [2.24, 2.45) is 11.3 Å². The van der Waals surface area contributed by atoms with E-state index in [1.54, 1.807) is 0 Å². The molecule has 1 aliphatic rings. The fraction of sp³-hybridized carbons (Fsp3) is 0.929. The molecule has 1 rings (SSSR count). The minimum Gasteiger partial charge on any atom is -0.393 e. The summed E-state index contributed by atoms with van der Waals surface area (Å²) < 4.78 is 0. The van der Waals surface area contributed by atoms with E-state index in [2.05, 4.69) is 5.32 Å². The Morgan fingerprint density at radius 2 is 1.88 bits per heavy atom. The highest BCUT2D eigenvalue weighted by Crippen LogP contribution is 2.24. The van der Waals surface area contributed by atoms with Crippen molar-refractivity contribution in [1.29, 1.82) is 0 Å². The Balaban J connectivity index is 2.19. The van der Waals surface area contributed by atoms with Crippen LogP contribution in [0.1, 0.15) is 59.3 Å². The van der Waals surface area contributed by atoms with Crippen molar-refractivity contribution in [3.8, 4) is 0 Å². The molecular formula is C14H27NO2. The molecule has 0 heterocycles. The number of rotatable bonds is 4. The van der Waals surface area contributed by atoms with Crippen LogP contribution in [0.25, 0.3) is 0 Å². The molecule has 2 N–H and O–H groups in total. The Labute approximate surface area is 105 Å². The molecule has 3 nitrogen and oxygen atoms in total. The molecule has 0 aliphatic heterocycles. The van der Waals surface area contributed by atoms with E-state index >= 15 is 0 Å². The molecule has 1 saturated carbocycles. The van der Waals surface area contributed by atoms with Crippen molar-refractivity contribution < 1.29 is 9.90 Å². The van der Waals surface area contributed by atoms with Gasteiger partial charge >= 0.3 is 0 Å². The van der Waals surface area contributed by atoms with Gasteiger partial charge in [0.05, 0.1) is 6.10 Å². The maximum atomic E-state index is 11.8. The lowest BCUT2D eigenvalue weighted by Gasteiger charge is -2.26. The first-order valence-corrected chi connectivity index (χ1v) is 6.87. The fourth-order valence-corrected chi connectivity index (χ4v) is 2.27. The normalized spacial score (nSPS) is 20.0. The zero-order valence-corrected chi connectivity index (χ0v) is 11.5. The molecule has 1 amide bonds. The predicted octanol–water partition coefficient (Wildman–Crippen LogP) is 2.48. The third kappa shape index (κ3) is 5.07. The van der Waals surface area contributed by atoms with Gasteiger partial charge in [-0.25, -0.2) is 0 Å². The summed E-state index contributed by atoms with van der Waals surface area (Å²) in [6, 6.07) is 0. The number of hydrogen-bond donors (Lipinski definition) is 2. The van der Waals surface area contributed by atoms with Crippen LogP contribution in [-0.2, 0) is 4.79 Å². The molecule has 0 aromatic carbocycles. The van der Waals surface area contributed by atoms with Gasteiger partial charge in [0.25, 0.3) is 0 Å². The highest BCUT2D eigenvalue weighted by atomic mass is 16.3. The van der Waals surface area contributed by atoms with Gasteiger partial charge in [0, 0.05) is 12.5 Å². The van der Waals surface area contributed by atoms with Gasteiger partial charge in [-0.1, -0.05) is 40.0 Å². The van der Waals surface area contributed by atoms with Gasteiger partial charge in [0.1, 0.15) is 0 Å². The first-order chi connectivity index (χ1) is 7.91. The quantitative estimate of drug-likeness (QED) is 0.794. The zero-order chi connectivity index (χ0) is 12.9. The zero-order valence-electron chi connectivity index (χ0n) is 11.5. The lowest BCUT2D eigenvalue weighted by molar-refractivity contribution is -0.126. The van der Waals surface area contributed by atoms with Crippen LogP contribution in [0.3, 0.4) is 0 Å². The van der Waals surface area contributed by atoms with Crippen LogP contribution in [0.2, 0.25) is 0 Å². The maximum Gasteiger partial charge on any atom is 0.223 e. The van der Waals surface area contributed by atoms with Crippen LogP contribution in [0.4, 0.5) is 0 Å². The predicted molar refractivity (Wildman–Crippen MR) is 69.7 cm³/mol.